The van der Waals surface area contributed by atoms with Gasteiger partial charge in [-0.25, -0.2) is 8.91 Å². The number of benzene rings is 2. The smallest absolute Gasteiger partial charge is 0.276 e. The Hall–Kier alpha value is -3.94. The lowest BCUT2D eigenvalue weighted by Gasteiger charge is -2.36. The second-order valence-electron chi connectivity index (χ2n) is 8.12. The molecule has 1 aliphatic heterocycles. The highest BCUT2D eigenvalue weighted by atomic mass is 19.1. The summed E-state index contributed by atoms with van der Waals surface area (Å²) in [5.41, 5.74) is 2.71. The molecular formula is C25H24FN5O2. The lowest BCUT2D eigenvalue weighted by Crippen LogP contribution is -2.49. The van der Waals surface area contributed by atoms with Crippen molar-refractivity contribution in [3.05, 3.63) is 89.2 Å². The fourth-order valence-electron chi connectivity index (χ4n) is 4.19. The minimum absolute atomic E-state index is 0.0509. The maximum absolute atomic E-state index is 13.2. The molecule has 0 radical (unpaired) electrons. The van der Waals surface area contributed by atoms with Crippen molar-refractivity contribution in [2.45, 2.75) is 13.0 Å². The van der Waals surface area contributed by atoms with Crippen LogP contribution in [-0.4, -0.2) is 51.2 Å². The standard InChI is InChI=1S/C25H24FN5O2/c26-20-8-6-19(7-9-20)22-18-23-25(33)30(16-17-31(23)27-22)11-10-24(32)29-14-12-28(13-15-29)21-4-2-1-3-5-21/h1-9,16-18H,10-15H2. The molecule has 0 N–H and O–H groups in total. The topological polar surface area (TPSA) is 62.9 Å². The third-order valence-corrected chi connectivity index (χ3v) is 6.06. The minimum atomic E-state index is -0.323. The number of piperazine rings is 1. The van der Waals surface area contributed by atoms with Crippen molar-refractivity contribution < 1.29 is 9.18 Å². The molecule has 0 atom stereocenters. The number of aryl methyl sites for hydroxylation is 1. The van der Waals surface area contributed by atoms with Crippen molar-refractivity contribution >= 4 is 17.1 Å². The summed E-state index contributed by atoms with van der Waals surface area (Å²) in [6.07, 6.45) is 3.62. The van der Waals surface area contributed by atoms with Crippen molar-refractivity contribution in [1.29, 1.82) is 0 Å². The highest BCUT2D eigenvalue weighted by Gasteiger charge is 2.21. The van der Waals surface area contributed by atoms with Crippen LogP contribution < -0.4 is 10.5 Å². The lowest BCUT2D eigenvalue weighted by atomic mass is 10.1. The number of carbonyl (C=O) groups excluding carboxylic acids is 1. The Morgan fingerprint density at radius 2 is 1.67 bits per heavy atom. The number of aromatic nitrogens is 3. The molecular weight excluding hydrogens is 421 g/mol. The van der Waals surface area contributed by atoms with Gasteiger partial charge in [-0.1, -0.05) is 18.2 Å². The van der Waals surface area contributed by atoms with E-state index in [1.807, 2.05) is 23.1 Å². The van der Waals surface area contributed by atoms with Gasteiger partial charge in [0.05, 0.1) is 5.69 Å². The summed E-state index contributed by atoms with van der Waals surface area (Å²) < 4.78 is 16.3. The average molecular weight is 445 g/mol. The first-order valence-electron chi connectivity index (χ1n) is 11.0. The van der Waals surface area contributed by atoms with Crippen molar-refractivity contribution in [1.82, 2.24) is 19.1 Å². The van der Waals surface area contributed by atoms with E-state index in [1.54, 1.807) is 35.2 Å². The van der Waals surface area contributed by atoms with Gasteiger partial charge in [0.1, 0.15) is 11.3 Å². The Morgan fingerprint density at radius 3 is 2.39 bits per heavy atom. The molecule has 1 saturated heterocycles. The summed E-state index contributed by atoms with van der Waals surface area (Å²) in [4.78, 5) is 29.8. The van der Waals surface area contributed by atoms with Gasteiger partial charge >= 0.3 is 0 Å². The van der Waals surface area contributed by atoms with Gasteiger partial charge in [-0.3, -0.25) is 9.59 Å². The van der Waals surface area contributed by atoms with E-state index in [1.165, 1.54) is 22.3 Å². The third-order valence-electron chi connectivity index (χ3n) is 6.06. The number of carbonyl (C=O) groups is 1. The Balaban J connectivity index is 1.23. The largest absolute Gasteiger partial charge is 0.368 e. The molecule has 1 amide bonds. The molecule has 5 rings (SSSR count). The lowest BCUT2D eigenvalue weighted by molar-refractivity contribution is -0.131. The molecule has 33 heavy (non-hydrogen) atoms. The van der Waals surface area contributed by atoms with E-state index in [4.69, 9.17) is 0 Å². The quantitative estimate of drug-likeness (QED) is 0.474. The summed E-state index contributed by atoms with van der Waals surface area (Å²) in [6, 6.07) is 17.9. The van der Waals surface area contributed by atoms with Gasteiger partial charge in [0.15, 0.2) is 0 Å². The summed E-state index contributed by atoms with van der Waals surface area (Å²) in [6.45, 7) is 3.24. The number of halogens is 1. The van der Waals surface area contributed by atoms with Crippen LogP contribution in [0.2, 0.25) is 0 Å². The van der Waals surface area contributed by atoms with Gasteiger partial charge in [0, 0.05) is 62.8 Å². The van der Waals surface area contributed by atoms with Crippen LogP contribution >= 0.6 is 0 Å². The summed E-state index contributed by atoms with van der Waals surface area (Å²) in [5, 5.41) is 4.42. The van der Waals surface area contributed by atoms with Crippen LogP contribution in [0.1, 0.15) is 6.42 Å². The number of rotatable bonds is 5. The number of hydrogen-bond acceptors (Lipinski definition) is 4. The molecule has 4 aromatic rings. The first-order chi connectivity index (χ1) is 16.1. The average Bonchev–Trinajstić information content (AvgIpc) is 3.30. The highest BCUT2D eigenvalue weighted by molar-refractivity contribution is 5.76. The number of hydrogen-bond donors (Lipinski definition) is 0. The van der Waals surface area contributed by atoms with Crippen molar-refractivity contribution in [2.75, 3.05) is 31.1 Å². The van der Waals surface area contributed by atoms with E-state index >= 15 is 0 Å². The van der Waals surface area contributed by atoms with E-state index in [2.05, 4.69) is 22.1 Å². The SMILES string of the molecule is O=C(CCn1ccn2nc(-c3ccc(F)cc3)cc2c1=O)N1CCN(c2ccccc2)CC1. The zero-order valence-electron chi connectivity index (χ0n) is 18.1. The number of amides is 1. The van der Waals surface area contributed by atoms with E-state index in [0.717, 1.165) is 18.7 Å². The Bertz CT molecular complexity index is 1320. The molecule has 3 heterocycles. The number of anilines is 1. The van der Waals surface area contributed by atoms with Gasteiger partial charge in [-0.15, -0.1) is 0 Å². The van der Waals surface area contributed by atoms with Crippen LogP contribution in [-0.2, 0) is 11.3 Å². The predicted octanol–water partition coefficient (Wildman–Crippen LogP) is 3.04. The van der Waals surface area contributed by atoms with E-state index in [9.17, 15) is 14.0 Å². The first kappa shape index (κ1) is 20.9. The minimum Gasteiger partial charge on any atom is -0.368 e. The maximum atomic E-state index is 13.2. The zero-order chi connectivity index (χ0) is 22.8. The van der Waals surface area contributed by atoms with E-state index < -0.39 is 0 Å². The van der Waals surface area contributed by atoms with E-state index in [-0.39, 0.29) is 23.7 Å². The molecule has 2 aromatic carbocycles. The Morgan fingerprint density at radius 1 is 0.939 bits per heavy atom. The molecule has 0 saturated carbocycles. The highest BCUT2D eigenvalue weighted by Crippen LogP contribution is 2.19. The third kappa shape index (κ3) is 4.37. The van der Waals surface area contributed by atoms with Crippen LogP contribution in [0.15, 0.2) is 77.9 Å². The number of fused-ring (bicyclic) bond motifs is 1. The maximum Gasteiger partial charge on any atom is 0.276 e. The van der Waals surface area contributed by atoms with Gasteiger partial charge < -0.3 is 14.4 Å². The van der Waals surface area contributed by atoms with Gasteiger partial charge in [-0.05, 0) is 42.5 Å². The Labute approximate surface area is 190 Å². The molecule has 1 aliphatic rings. The van der Waals surface area contributed by atoms with Gasteiger partial charge in [0.25, 0.3) is 5.56 Å². The van der Waals surface area contributed by atoms with Crippen LogP contribution in [0.5, 0.6) is 0 Å². The van der Waals surface area contributed by atoms with Crippen molar-refractivity contribution in [3.8, 4) is 11.3 Å². The summed E-state index contributed by atoms with van der Waals surface area (Å²) in [5.74, 6) is -0.272. The fraction of sp³-hybridized carbons (Fsp3) is 0.240. The van der Waals surface area contributed by atoms with Gasteiger partial charge in [-0.2, -0.15) is 5.10 Å². The summed E-state index contributed by atoms with van der Waals surface area (Å²) in [7, 11) is 0. The van der Waals surface area contributed by atoms with Crippen LogP contribution in [0.4, 0.5) is 10.1 Å². The monoisotopic (exact) mass is 445 g/mol. The molecule has 0 unspecified atom stereocenters. The van der Waals surface area contributed by atoms with Gasteiger partial charge in [0.2, 0.25) is 5.91 Å². The Kier molecular flexibility index (Phi) is 5.64. The second-order valence-corrected chi connectivity index (χ2v) is 8.12. The zero-order valence-corrected chi connectivity index (χ0v) is 18.1. The predicted molar refractivity (Wildman–Crippen MR) is 125 cm³/mol. The first-order valence-corrected chi connectivity index (χ1v) is 11.0. The van der Waals surface area contributed by atoms with Crippen LogP contribution in [0, 0.1) is 5.82 Å². The molecule has 0 aliphatic carbocycles. The second kappa shape index (κ2) is 8.90. The molecule has 1 fully saturated rings. The summed E-state index contributed by atoms with van der Waals surface area (Å²) >= 11 is 0. The van der Waals surface area contributed by atoms with Crippen molar-refractivity contribution in [3.63, 3.8) is 0 Å². The molecule has 8 heteroatoms. The van der Waals surface area contributed by atoms with Crippen molar-refractivity contribution in [2.24, 2.45) is 0 Å². The van der Waals surface area contributed by atoms with Crippen LogP contribution in [0.25, 0.3) is 16.8 Å². The fourth-order valence-corrected chi connectivity index (χ4v) is 4.19. The molecule has 7 nitrogen and oxygen atoms in total. The molecule has 0 spiro atoms. The normalized spacial score (nSPS) is 14.1. The number of nitrogens with zero attached hydrogens (tertiary/aromatic N) is 5. The molecule has 168 valence electrons. The molecule has 2 aromatic heterocycles. The van der Waals surface area contributed by atoms with E-state index in [0.29, 0.717) is 30.8 Å². The number of para-hydroxylation sites is 1. The van der Waals surface area contributed by atoms with Crippen LogP contribution in [0.3, 0.4) is 0 Å². The molecule has 0 bridgehead atoms.